The highest BCUT2D eigenvalue weighted by Crippen LogP contribution is 2.26. The Bertz CT molecular complexity index is 933. The van der Waals surface area contributed by atoms with Crippen molar-refractivity contribution in [3.8, 4) is 0 Å². The molecule has 0 atom stereocenters. The number of aryl methyl sites for hydroxylation is 1. The second-order valence-corrected chi connectivity index (χ2v) is 5.70. The highest BCUT2D eigenvalue weighted by Gasteiger charge is 2.21. The van der Waals surface area contributed by atoms with Gasteiger partial charge < -0.3 is 10.6 Å². The first-order chi connectivity index (χ1) is 11.6. The zero-order valence-electron chi connectivity index (χ0n) is 13.4. The molecule has 1 aliphatic heterocycles. The fraction of sp³-hybridized carbons (Fsp3) is 0.250. The Balaban J connectivity index is 1.73. The van der Waals surface area contributed by atoms with Gasteiger partial charge in [-0.2, -0.15) is 14.6 Å². The molecule has 24 heavy (non-hydrogen) atoms. The summed E-state index contributed by atoms with van der Waals surface area (Å²) in [6.07, 6.45) is 1.48. The second-order valence-electron chi connectivity index (χ2n) is 5.70. The average Bonchev–Trinajstić information content (AvgIpc) is 3.20. The molecule has 8 heteroatoms. The number of amides is 2. The molecule has 122 valence electrons. The van der Waals surface area contributed by atoms with E-state index in [9.17, 15) is 4.79 Å². The number of aromatic nitrogens is 4. The molecule has 1 aromatic carbocycles. The molecule has 1 saturated heterocycles. The van der Waals surface area contributed by atoms with E-state index in [-0.39, 0.29) is 6.03 Å². The molecule has 0 saturated carbocycles. The van der Waals surface area contributed by atoms with Crippen LogP contribution in [-0.4, -0.2) is 38.7 Å². The van der Waals surface area contributed by atoms with Crippen molar-refractivity contribution in [1.82, 2.24) is 24.9 Å². The van der Waals surface area contributed by atoms with Crippen molar-refractivity contribution in [3.05, 3.63) is 41.9 Å². The fourth-order valence-electron chi connectivity index (χ4n) is 2.79. The normalized spacial score (nSPS) is 14.2. The summed E-state index contributed by atoms with van der Waals surface area (Å²) in [7, 11) is 0. The van der Waals surface area contributed by atoms with E-state index in [1.807, 2.05) is 38.1 Å². The van der Waals surface area contributed by atoms with E-state index >= 15 is 0 Å². The molecule has 1 fully saturated rings. The van der Waals surface area contributed by atoms with Gasteiger partial charge in [-0.05, 0) is 32.0 Å². The maximum Gasteiger partial charge on any atom is 0.321 e. The lowest BCUT2D eigenvalue weighted by Gasteiger charge is -2.17. The zero-order valence-corrected chi connectivity index (χ0v) is 13.4. The number of nitrogens with one attached hydrogen (secondary N) is 2. The first kappa shape index (κ1) is 14.4. The van der Waals surface area contributed by atoms with Crippen molar-refractivity contribution in [2.75, 3.05) is 23.3 Å². The molecule has 2 amide bonds. The number of urea groups is 1. The molecule has 2 aromatic heterocycles. The molecule has 3 heterocycles. The second kappa shape index (κ2) is 5.48. The Kier molecular flexibility index (Phi) is 3.30. The van der Waals surface area contributed by atoms with Crippen LogP contribution in [-0.2, 0) is 0 Å². The lowest BCUT2D eigenvalue weighted by Crippen LogP contribution is -2.27. The van der Waals surface area contributed by atoms with E-state index in [1.165, 1.54) is 6.33 Å². The van der Waals surface area contributed by atoms with E-state index in [0.717, 1.165) is 28.5 Å². The van der Waals surface area contributed by atoms with E-state index in [0.29, 0.717) is 18.9 Å². The van der Waals surface area contributed by atoms with Gasteiger partial charge in [0.15, 0.2) is 0 Å². The summed E-state index contributed by atoms with van der Waals surface area (Å²) in [6, 6.07) is 7.68. The number of benzene rings is 1. The van der Waals surface area contributed by atoms with Gasteiger partial charge in [0.05, 0.1) is 0 Å². The van der Waals surface area contributed by atoms with Crippen LogP contribution in [0.3, 0.4) is 0 Å². The number of carbonyl (C=O) groups excluding carboxylic acids is 1. The fourth-order valence-corrected chi connectivity index (χ4v) is 2.79. The summed E-state index contributed by atoms with van der Waals surface area (Å²) in [6.45, 7) is 5.27. The number of hydrogen-bond donors (Lipinski definition) is 2. The van der Waals surface area contributed by atoms with Crippen molar-refractivity contribution in [2.45, 2.75) is 13.8 Å². The van der Waals surface area contributed by atoms with Crippen molar-refractivity contribution in [1.29, 1.82) is 0 Å². The number of anilines is 3. The molecule has 0 unspecified atom stereocenters. The van der Waals surface area contributed by atoms with Gasteiger partial charge in [-0.1, -0.05) is 6.07 Å². The maximum atomic E-state index is 11.8. The Morgan fingerprint density at radius 1 is 1.29 bits per heavy atom. The largest absolute Gasteiger partial charge is 0.340 e. The number of fused-ring (bicyclic) bond motifs is 1. The zero-order chi connectivity index (χ0) is 16.7. The number of carbonyl (C=O) groups is 1. The topological polar surface area (TPSA) is 87.4 Å². The SMILES string of the molecule is Cc1nc2ncnn2c(Nc2cccc(N3CCNC3=O)c2)c1C. The van der Waals surface area contributed by atoms with E-state index in [4.69, 9.17) is 0 Å². The van der Waals surface area contributed by atoms with Gasteiger partial charge in [0.2, 0.25) is 0 Å². The first-order valence-electron chi connectivity index (χ1n) is 7.73. The van der Waals surface area contributed by atoms with Crippen LogP contribution in [0.15, 0.2) is 30.6 Å². The number of nitrogens with zero attached hydrogens (tertiary/aromatic N) is 5. The van der Waals surface area contributed by atoms with Gasteiger partial charge in [0, 0.05) is 35.7 Å². The smallest absolute Gasteiger partial charge is 0.321 e. The van der Waals surface area contributed by atoms with E-state index in [2.05, 4.69) is 25.7 Å². The van der Waals surface area contributed by atoms with Crippen LogP contribution in [0.25, 0.3) is 5.78 Å². The summed E-state index contributed by atoms with van der Waals surface area (Å²) >= 11 is 0. The van der Waals surface area contributed by atoms with Crippen LogP contribution in [0.1, 0.15) is 11.3 Å². The number of rotatable bonds is 3. The molecular weight excluding hydrogens is 306 g/mol. The molecule has 0 spiro atoms. The van der Waals surface area contributed by atoms with Crippen LogP contribution in [0.5, 0.6) is 0 Å². The van der Waals surface area contributed by atoms with Crippen molar-refractivity contribution in [2.24, 2.45) is 0 Å². The predicted molar refractivity (Wildman–Crippen MR) is 90.7 cm³/mol. The maximum absolute atomic E-state index is 11.8. The standard InChI is InChI=1S/C16H17N7O/c1-10-11(2)20-15-18-9-19-23(15)14(10)21-12-4-3-5-13(8-12)22-7-6-17-16(22)24/h3-5,8-9,21H,6-7H2,1-2H3,(H,17,24). The molecule has 1 aliphatic rings. The summed E-state index contributed by atoms with van der Waals surface area (Å²) < 4.78 is 1.68. The van der Waals surface area contributed by atoms with Crippen LogP contribution >= 0.6 is 0 Å². The molecule has 0 aliphatic carbocycles. The minimum absolute atomic E-state index is 0.0678. The first-order valence-corrected chi connectivity index (χ1v) is 7.73. The van der Waals surface area contributed by atoms with E-state index < -0.39 is 0 Å². The summed E-state index contributed by atoms with van der Waals surface area (Å²) in [5.74, 6) is 1.37. The van der Waals surface area contributed by atoms with Crippen LogP contribution in [0.4, 0.5) is 22.0 Å². The minimum atomic E-state index is -0.0678. The molecule has 0 bridgehead atoms. The molecule has 4 rings (SSSR count). The predicted octanol–water partition coefficient (Wildman–Crippen LogP) is 2.01. The van der Waals surface area contributed by atoms with Crippen LogP contribution in [0.2, 0.25) is 0 Å². The van der Waals surface area contributed by atoms with Gasteiger partial charge in [-0.25, -0.2) is 9.78 Å². The van der Waals surface area contributed by atoms with Crippen molar-refractivity contribution >= 4 is 29.0 Å². The van der Waals surface area contributed by atoms with Gasteiger partial charge in [0.1, 0.15) is 12.1 Å². The van der Waals surface area contributed by atoms with Gasteiger partial charge >= 0.3 is 6.03 Å². The van der Waals surface area contributed by atoms with Crippen molar-refractivity contribution < 1.29 is 4.79 Å². The van der Waals surface area contributed by atoms with Crippen molar-refractivity contribution in [3.63, 3.8) is 0 Å². The third kappa shape index (κ3) is 2.32. The molecule has 8 nitrogen and oxygen atoms in total. The third-order valence-electron chi connectivity index (χ3n) is 4.18. The molecule has 3 aromatic rings. The summed E-state index contributed by atoms with van der Waals surface area (Å²) in [5, 5.41) is 10.4. The Morgan fingerprint density at radius 2 is 2.17 bits per heavy atom. The minimum Gasteiger partial charge on any atom is -0.340 e. The number of hydrogen-bond acceptors (Lipinski definition) is 5. The Hall–Kier alpha value is -3.16. The lowest BCUT2D eigenvalue weighted by atomic mass is 10.2. The van der Waals surface area contributed by atoms with Crippen LogP contribution < -0.4 is 15.5 Å². The average molecular weight is 323 g/mol. The third-order valence-corrected chi connectivity index (χ3v) is 4.18. The lowest BCUT2D eigenvalue weighted by molar-refractivity contribution is 0.252. The van der Waals surface area contributed by atoms with Crippen LogP contribution in [0, 0.1) is 13.8 Å². The van der Waals surface area contributed by atoms with E-state index in [1.54, 1.807) is 9.42 Å². The quantitative estimate of drug-likeness (QED) is 0.770. The van der Waals surface area contributed by atoms with Gasteiger partial charge in [0.25, 0.3) is 5.78 Å². The summed E-state index contributed by atoms with van der Waals surface area (Å²) in [5.41, 5.74) is 3.62. The molecule has 2 N–H and O–H groups in total. The summed E-state index contributed by atoms with van der Waals surface area (Å²) in [4.78, 5) is 22.1. The van der Waals surface area contributed by atoms with Gasteiger partial charge in [-0.15, -0.1) is 0 Å². The van der Waals surface area contributed by atoms with Gasteiger partial charge in [-0.3, -0.25) is 4.90 Å². The monoisotopic (exact) mass is 323 g/mol. The Morgan fingerprint density at radius 3 is 2.96 bits per heavy atom. The molecular formula is C16H17N7O. The molecule has 0 radical (unpaired) electrons. The Labute approximate surface area is 138 Å². The highest BCUT2D eigenvalue weighted by atomic mass is 16.2. The highest BCUT2D eigenvalue weighted by molar-refractivity contribution is 5.94.